The van der Waals surface area contributed by atoms with Crippen LogP contribution < -0.4 is 16.7 Å². The van der Waals surface area contributed by atoms with Crippen LogP contribution in [0.2, 0.25) is 0 Å². The van der Waals surface area contributed by atoms with E-state index in [1.807, 2.05) is 5.32 Å². The fourth-order valence-corrected chi connectivity index (χ4v) is 5.68. The van der Waals surface area contributed by atoms with Crippen LogP contribution in [0.15, 0.2) is 41.3 Å². The largest absolute Gasteiger partial charge is 0.493 e. The van der Waals surface area contributed by atoms with E-state index in [2.05, 4.69) is 0 Å². The number of ketones is 2. The Morgan fingerprint density at radius 1 is 1.06 bits per heavy atom. The number of alkyl halides is 2. The molecule has 2 aromatic rings. The first kappa shape index (κ1) is 38.5. The first-order chi connectivity index (χ1) is 22.8. The van der Waals surface area contributed by atoms with Gasteiger partial charge in [0.15, 0.2) is 11.3 Å². The topological polar surface area (TPSA) is 214 Å². The molecule has 5 N–H and O–H groups in total. The monoisotopic (exact) mass is 692 g/mol. The van der Waals surface area contributed by atoms with Crippen molar-refractivity contribution in [2.75, 3.05) is 6.54 Å². The van der Waals surface area contributed by atoms with Gasteiger partial charge < -0.3 is 26.2 Å². The summed E-state index contributed by atoms with van der Waals surface area (Å²) >= 11 is 0. The molecular weight excluding hydrogens is 650 g/mol. The lowest BCUT2D eigenvalue weighted by Crippen LogP contribution is -2.70. The molecule has 1 aromatic carbocycles. The number of halogens is 2. The summed E-state index contributed by atoms with van der Waals surface area (Å²) < 4.78 is 32.5. The first-order valence-corrected chi connectivity index (χ1v) is 15.7. The predicted octanol–water partition coefficient (Wildman–Crippen LogP) is 1.34. The molecular formula is C32H42F2N6O9. The van der Waals surface area contributed by atoms with E-state index in [9.17, 15) is 38.7 Å². The van der Waals surface area contributed by atoms with E-state index in [-0.39, 0.29) is 18.0 Å². The number of rotatable bonds is 14. The van der Waals surface area contributed by atoms with Crippen molar-refractivity contribution in [2.24, 2.45) is 17.6 Å². The molecule has 17 heteroatoms. The third-order valence-electron chi connectivity index (χ3n) is 8.65. The van der Waals surface area contributed by atoms with Crippen molar-refractivity contribution < 1.29 is 47.8 Å². The molecule has 1 aliphatic rings. The smallest absolute Gasteiger partial charge is 0.383 e. The molecule has 0 aliphatic carbocycles. The number of carbonyl (C=O) groups excluding carboxylic acids is 5. The summed E-state index contributed by atoms with van der Waals surface area (Å²) in [6.07, 6.45) is 1.72. The van der Waals surface area contributed by atoms with Crippen LogP contribution in [0.25, 0.3) is 0 Å². The summed E-state index contributed by atoms with van der Waals surface area (Å²) in [6.45, 7) is 4.61. The number of urea groups is 1. The first-order valence-electron chi connectivity index (χ1n) is 15.7. The van der Waals surface area contributed by atoms with E-state index in [1.54, 1.807) is 37.3 Å². The number of imidazole rings is 1. The summed E-state index contributed by atoms with van der Waals surface area (Å²) in [7, 11) is 0. The highest BCUT2D eigenvalue weighted by Crippen LogP contribution is 2.31. The van der Waals surface area contributed by atoms with Crippen molar-refractivity contribution in [3.8, 4) is 5.88 Å². The van der Waals surface area contributed by atoms with Crippen LogP contribution in [0.1, 0.15) is 53.0 Å². The van der Waals surface area contributed by atoms with Gasteiger partial charge in [-0.25, -0.2) is 9.59 Å². The van der Waals surface area contributed by atoms with Crippen LogP contribution in [0.5, 0.6) is 5.88 Å². The second-order valence-corrected chi connectivity index (χ2v) is 12.8. The molecule has 0 spiro atoms. The van der Waals surface area contributed by atoms with Gasteiger partial charge in [0, 0.05) is 19.1 Å². The molecule has 2 heterocycles. The fourth-order valence-electron chi connectivity index (χ4n) is 5.68. The zero-order valence-electron chi connectivity index (χ0n) is 27.9. The molecule has 1 aliphatic heterocycles. The molecule has 268 valence electrons. The van der Waals surface area contributed by atoms with Crippen LogP contribution in [0.4, 0.5) is 13.6 Å². The molecule has 3 rings (SSSR count). The van der Waals surface area contributed by atoms with Crippen molar-refractivity contribution in [1.29, 1.82) is 0 Å². The van der Waals surface area contributed by atoms with Gasteiger partial charge in [-0.2, -0.15) is 8.78 Å². The van der Waals surface area contributed by atoms with Crippen molar-refractivity contribution in [2.45, 2.75) is 90.6 Å². The average molecular weight is 693 g/mol. The molecule has 1 fully saturated rings. The van der Waals surface area contributed by atoms with Gasteiger partial charge in [-0.05, 0) is 37.2 Å². The number of amides is 4. The maximum absolute atomic E-state index is 15.7. The Morgan fingerprint density at radius 3 is 2.18 bits per heavy atom. The van der Waals surface area contributed by atoms with E-state index < -0.39 is 95.4 Å². The quantitative estimate of drug-likeness (QED) is 0.209. The zero-order valence-corrected chi connectivity index (χ0v) is 27.9. The number of carbonyl (C=O) groups is 6. The van der Waals surface area contributed by atoms with Gasteiger partial charge in [0.2, 0.25) is 11.7 Å². The summed E-state index contributed by atoms with van der Waals surface area (Å²) in [4.78, 5) is 94.3. The van der Waals surface area contributed by atoms with Gasteiger partial charge in [0.1, 0.15) is 12.6 Å². The molecule has 4 amide bonds. The normalized spacial score (nSPS) is 16.7. The molecule has 49 heavy (non-hydrogen) atoms. The van der Waals surface area contributed by atoms with Gasteiger partial charge >= 0.3 is 23.6 Å². The number of benzene rings is 1. The number of Topliss-reactive ketones (excluding diaryl/α,β-unsaturated/α-hetero) is 2. The second kappa shape index (κ2) is 15.1. The summed E-state index contributed by atoms with van der Waals surface area (Å²) in [5.41, 5.74) is 3.04. The maximum atomic E-state index is 15.7. The Hall–Kier alpha value is -4.93. The third-order valence-corrected chi connectivity index (χ3v) is 8.65. The molecule has 15 nitrogen and oxygen atoms in total. The highest BCUT2D eigenvalue weighted by atomic mass is 19.3. The van der Waals surface area contributed by atoms with Gasteiger partial charge in [-0.15, -0.1) is 0 Å². The number of carboxylic acids is 1. The minimum Gasteiger partial charge on any atom is -0.493 e. The SMILES string of the molecule is CC(C)[C@@H](C(=O)C(F)(F)C(=O)NCc1ccccc1)N(C(=O)N1CCC[C@H]1C)C(=O)[C@](N)(C(=O)Cn1c(O)cn(CC(=O)O)c1=O)C(C)C. The fraction of sp³-hybridized carbons (Fsp3) is 0.531. The molecule has 0 bridgehead atoms. The minimum absolute atomic E-state index is 0.0876. The Balaban J connectivity index is 2.09. The number of hydrogen-bond acceptors (Lipinski definition) is 9. The van der Waals surface area contributed by atoms with E-state index in [0.29, 0.717) is 27.5 Å². The summed E-state index contributed by atoms with van der Waals surface area (Å²) in [6, 6.07) is 4.07. The Kier molecular flexibility index (Phi) is 11.9. The third kappa shape index (κ3) is 7.87. The number of likely N-dealkylation sites (tertiary alicyclic amines) is 1. The van der Waals surface area contributed by atoms with Crippen molar-refractivity contribution in [3.05, 3.63) is 52.6 Å². The minimum atomic E-state index is -4.75. The van der Waals surface area contributed by atoms with E-state index in [1.165, 1.54) is 32.6 Å². The molecule has 0 saturated carbocycles. The van der Waals surface area contributed by atoms with Crippen molar-refractivity contribution in [1.82, 2.24) is 24.3 Å². The van der Waals surface area contributed by atoms with E-state index >= 15 is 8.78 Å². The molecule has 0 unspecified atom stereocenters. The van der Waals surface area contributed by atoms with Crippen LogP contribution in [0, 0.1) is 11.8 Å². The predicted molar refractivity (Wildman–Crippen MR) is 169 cm³/mol. The lowest BCUT2D eigenvalue weighted by Gasteiger charge is -2.41. The van der Waals surface area contributed by atoms with E-state index in [0.717, 1.165) is 6.20 Å². The number of nitrogens with two attached hydrogens (primary N) is 1. The van der Waals surface area contributed by atoms with Crippen LogP contribution in [0.3, 0.4) is 0 Å². The number of imide groups is 1. The highest BCUT2D eigenvalue weighted by Gasteiger charge is 2.58. The lowest BCUT2D eigenvalue weighted by molar-refractivity contribution is -0.165. The molecule has 0 radical (unpaired) electrons. The van der Waals surface area contributed by atoms with Crippen molar-refractivity contribution in [3.63, 3.8) is 0 Å². The van der Waals surface area contributed by atoms with Gasteiger partial charge in [0.05, 0.1) is 12.7 Å². The summed E-state index contributed by atoms with van der Waals surface area (Å²) in [5.74, 6) is -16.3. The number of nitrogens with zero attached hydrogens (tertiary/aromatic N) is 4. The standard InChI is InChI=1S/C32H42F2N6O9/c1-18(2)25(26(45)32(33,34)27(46)36-14-21-11-7-6-8-12-21)40(30(49)38-13-9-10-20(38)5)28(47)31(35,19(3)4)22(41)15-39-23(42)16-37(29(39)48)17-24(43)44/h6-8,11-12,16,18-20,25,42H,9-10,13-15,17,35H2,1-5H3,(H,36,46)(H,43,44)/t20-,25+,31-/m1/s1. The van der Waals surface area contributed by atoms with Crippen LogP contribution in [-0.4, -0.2) is 94.6 Å². The highest BCUT2D eigenvalue weighted by molar-refractivity contribution is 6.18. The summed E-state index contributed by atoms with van der Waals surface area (Å²) in [5, 5.41) is 21.4. The lowest BCUT2D eigenvalue weighted by atomic mass is 9.80. The Labute approximate surface area is 280 Å². The molecule has 1 saturated heterocycles. The van der Waals surface area contributed by atoms with E-state index in [4.69, 9.17) is 10.8 Å². The number of aromatic hydroxyl groups is 1. The number of aromatic nitrogens is 2. The number of carboxylic acid groups (broad SMARTS) is 1. The van der Waals surface area contributed by atoms with Gasteiger partial charge in [0.25, 0.3) is 11.8 Å². The number of hydrogen-bond donors (Lipinski definition) is 4. The molecule has 3 atom stereocenters. The number of aliphatic carboxylic acids is 1. The van der Waals surface area contributed by atoms with Gasteiger partial charge in [-0.3, -0.25) is 38.0 Å². The van der Waals surface area contributed by atoms with Gasteiger partial charge in [-0.1, -0.05) is 58.0 Å². The van der Waals surface area contributed by atoms with Crippen LogP contribution in [-0.2, 0) is 43.6 Å². The zero-order chi connectivity index (χ0) is 37.0. The second-order valence-electron chi connectivity index (χ2n) is 12.8. The molecule has 1 aromatic heterocycles. The number of nitrogens with one attached hydrogen (secondary N) is 1. The Morgan fingerprint density at radius 2 is 1.67 bits per heavy atom. The maximum Gasteiger partial charge on any atom is 0.383 e. The van der Waals surface area contributed by atoms with Crippen molar-refractivity contribution >= 4 is 35.4 Å². The van der Waals surface area contributed by atoms with Crippen LogP contribution >= 0.6 is 0 Å². The Bertz CT molecular complexity index is 1660. The average Bonchev–Trinajstić information content (AvgIpc) is 3.58.